The van der Waals surface area contributed by atoms with Gasteiger partial charge in [0.15, 0.2) is 4.67 Å². The smallest absolute Gasteiger partial charge is 0.244 e. The highest BCUT2D eigenvalue weighted by atomic mass is 79.9. The lowest BCUT2D eigenvalue weighted by atomic mass is 10.2. The fraction of sp³-hybridized carbons (Fsp3) is 0.368. The Labute approximate surface area is 178 Å². The number of amides is 1. The molecule has 1 fully saturated rings. The number of nitrogens with zero attached hydrogens (tertiary/aromatic N) is 4. The van der Waals surface area contributed by atoms with Gasteiger partial charge in [-0.05, 0) is 47.2 Å². The van der Waals surface area contributed by atoms with Gasteiger partial charge in [0.25, 0.3) is 0 Å². The minimum absolute atomic E-state index is 0.00613. The van der Waals surface area contributed by atoms with Crippen molar-refractivity contribution in [3.05, 3.63) is 52.4 Å². The molecule has 0 spiro atoms. The SMILES string of the molecule is CN(CC(=O)N1CCN(S(=O)(=O)c2ccccc2C#N)CC1)Cc1ccc(Br)o1. The second-order valence-corrected chi connectivity index (χ2v) is 9.46. The highest BCUT2D eigenvalue weighted by molar-refractivity contribution is 9.10. The van der Waals surface area contributed by atoms with Crippen molar-refractivity contribution in [2.24, 2.45) is 0 Å². The van der Waals surface area contributed by atoms with Crippen molar-refractivity contribution in [2.75, 3.05) is 39.8 Å². The molecule has 1 aliphatic heterocycles. The molecule has 154 valence electrons. The zero-order chi connectivity index (χ0) is 21.0. The van der Waals surface area contributed by atoms with E-state index in [2.05, 4.69) is 15.9 Å². The van der Waals surface area contributed by atoms with E-state index in [1.165, 1.54) is 16.4 Å². The van der Waals surface area contributed by atoms with Gasteiger partial charge in [-0.1, -0.05) is 12.1 Å². The van der Waals surface area contributed by atoms with Crippen LogP contribution < -0.4 is 0 Å². The first kappa shape index (κ1) is 21.5. The minimum atomic E-state index is -3.77. The summed E-state index contributed by atoms with van der Waals surface area (Å²) in [5.41, 5.74) is 0.122. The fourth-order valence-corrected chi connectivity index (χ4v) is 5.09. The van der Waals surface area contributed by atoms with Crippen LogP contribution in [0.25, 0.3) is 0 Å². The molecule has 1 saturated heterocycles. The number of halogens is 1. The molecule has 0 unspecified atom stereocenters. The molecule has 2 heterocycles. The van der Waals surface area contributed by atoms with Gasteiger partial charge < -0.3 is 9.32 Å². The van der Waals surface area contributed by atoms with Gasteiger partial charge in [-0.15, -0.1) is 0 Å². The molecule has 0 saturated carbocycles. The first-order chi connectivity index (χ1) is 13.8. The number of furan rings is 1. The summed E-state index contributed by atoms with van der Waals surface area (Å²) in [6, 6.07) is 11.7. The Bertz CT molecular complexity index is 1020. The van der Waals surface area contributed by atoms with Crippen molar-refractivity contribution in [2.45, 2.75) is 11.4 Å². The van der Waals surface area contributed by atoms with E-state index in [0.29, 0.717) is 24.3 Å². The van der Waals surface area contributed by atoms with Gasteiger partial charge in [-0.25, -0.2) is 8.42 Å². The summed E-state index contributed by atoms with van der Waals surface area (Å²) >= 11 is 3.25. The summed E-state index contributed by atoms with van der Waals surface area (Å²) in [4.78, 5) is 16.1. The monoisotopic (exact) mass is 480 g/mol. The molecule has 0 aliphatic carbocycles. The van der Waals surface area contributed by atoms with E-state index in [4.69, 9.17) is 4.42 Å². The lowest BCUT2D eigenvalue weighted by molar-refractivity contribution is -0.133. The van der Waals surface area contributed by atoms with E-state index in [1.807, 2.05) is 24.1 Å². The molecule has 10 heteroatoms. The highest BCUT2D eigenvalue weighted by Crippen LogP contribution is 2.21. The normalized spacial score (nSPS) is 15.4. The first-order valence-electron chi connectivity index (χ1n) is 9.01. The Hall–Kier alpha value is -2.19. The largest absolute Gasteiger partial charge is 0.453 e. The summed E-state index contributed by atoms with van der Waals surface area (Å²) in [5, 5.41) is 9.19. The van der Waals surface area contributed by atoms with Crippen LogP contribution in [0, 0.1) is 11.3 Å². The molecular formula is C19H21BrN4O4S. The fourth-order valence-electron chi connectivity index (χ4n) is 3.19. The Morgan fingerprint density at radius 1 is 1.21 bits per heavy atom. The number of rotatable bonds is 6. The third-order valence-corrected chi connectivity index (χ3v) is 7.06. The van der Waals surface area contributed by atoms with Gasteiger partial charge in [0, 0.05) is 26.2 Å². The van der Waals surface area contributed by atoms with Gasteiger partial charge >= 0.3 is 0 Å². The molecule has 0 atom stereocenters. The molecule has 29 heavy (non-hydrogen) atoms. The molecule has 3 rings (SSSR count). The summed E-state index contributed by atoms with van der Waals surface area (Å²) in [7, 11) is -1.94. The maximum absolute atomic E-state index is 12.9. The number of hydrogen-bond donors (Lipinski definition) is 0. The summed E-state index contributed by atoms with van der Waals surface area (Å²) in [6.07, 6.45) is 0. The van der Waals surface area contributed by atoms with E-state index >= 15 is 0 Å². The quantitative estimate of drug-likeness (QED) is 0.625. The van der Waals surface area contributed by atoms with Crippen LogP contribution in [-0.4, -0.2) is 68.2 Å². The van der Waals surface area contributed by atoms with Gasteiger partial charge in [-0.2, -0.15) is 9.57 Å². The van der Waals surface area contributed by atoms with E-state index in [9.17, 15) is 18.5 Å². The average Bonchev–Trinajstić information content (AvgIpc) is 3.12. The van der Waals surface area contributed by atoms with Crippen molar-refractivity contribution >= 4 is 31.9 Å². The zero-order valence-electron chi connectivity index (χ0n) is 15.9. The Balaban J connectivity index is 1.57. The van der Waals surface area contributed by atoms with Crippen LogP contribution in [-0.2, 0) is 21.4 Å². The Kier molecular flexibility index (Phi) is 6.74. The second kappa shape index (κ2) is 9.09. The van der Waals surface area contributed by atoms with E-state index < -0.39 is 10.0 Å². The molecule has 1 amide bonds. The number of likely N-dealkylation sites (N-methyl/N-ethyl adjacent to an activating group) is 1. The van der Waals surface area contributed by atoms with E-state index in [0.717, 1.165) is 5.76 Å². The number of hydrogen-bond acceptors (Lipinski definition) is 6. The number of carbonyl (C=O) groups excluding carboxylic acids is 1. The second-order valence-electron chi connectivity index (χ2n) is 6.77. The van der Waals surface area contributed by atoms with Crippen LogP contribution in [0.2, 0.25) is 0 Å². The number of sulfonamides is 1. The maximum Gasteiger partial charge on any atom is 0.244 e. The van der Waals surface area contributed by atoms with Crippen molar-refractivity contribution < 1.29 is 17.6 Å². The number of piperazine rings is 1. The molecule has 0 bridgehead atoms. The predicted molar refractivity (Wildman–Crippen MR) is 109 cm³/mol. The van der Waals surface area contributed by atoms with Crippen molar-refractivity contribution in [3.63, 3.8) is 0 Å². The zero-order valence-corrected chi connectivity index (χ0v) is 18.3. The molecule has 0 N–H and O–H groups in total. The summed E-state index contributed by atoms with van der Waals surface area (Å²) in [6.45, 7) is 1.73. The number of benzene rings is 1. The number of carbonyl (C=O) groups is 1. The van der Waals surface area contributed by atoms with E-state index in [-0.39, 0.29) is 36.0 Å². The molecule has 0 radical (unpaired) electrons. The standard InChI is InChI=1S/C19H21BrN4O4S/c1-22(13-16-6-7-18(20)28-16)14-19(25)23-8-10-24(11-9-23)29(26,27)17-5-3-2-4-15(17)12-21/h2-7H,8-11,13-14H2,1H3. The number of nitriles is 1. The average molecular weight is 481 g/mol. The van der Waals surface area contributed by atoms with Crippen LogP contribution in [0.5, 0.6) is 0 Å². The third kappa shape index (κ3) is 5.05. The lowest BCUT2D eigenvalue weighted by Crippen LogP contribution is -2.52. The van der Waals surface area contributed by atoms with Gasteiger partial charge in [0.2, 0.25) is 15.9 Å². The third-order valence-electron chi connectivity index (χ3n) is 4.68. The van der Waals surface area contributed by atoms with Crippen LogP contribution in [0.15, 0.2) is 50.4 Å². The highest BCUT2D eigenvalue weighted by Gasteiger charge is 2.31. The molecular weight excluding hydrogens is 460 g/mol. The van der Waals surface area contributed by atoms with Gasteiger partial charge in [0.05, 0.1) is 23.5 Å². The van der Waals surface area contributed by atoms with Crippen molar-refractivity contribution in [3.8, 4) is 6.07 Å². The van der Waals surface area contributed by atoms with Crippen LogP contribution in [0.3, 0.4) is 0 Å². The Morgan fingerprint density at radius 2 is 1.90 bits per heavy atom. The lowest BCUT2D eigenvalue weighted by Gasteiger charge is -2.34. The molecule has 1 aromatic carbocycles. The van der Waals surface area contributed by atoms with Crippen LogP contribution >= 0.6 is 15.9 Å². The van der Waals surface area contributed by atoms with E-state index in [1.54, 1.807) is 23.1 Å². The molecule has 1 aromatic heterocycles. The predicted octanol–water partition coefficient (Wildman–Crippen LogP) is 1.88. The Morgan fingerprint density at radius 3 is 2.52 bits per heavy atom. The van der Waals surface area contributed by atoms with Crippen molar-refractivity contribution in [1.82, 2.24) is 14.1 Å². The topological polar surface area (TPSA) is 97.9 Å². The maximum atomic E-state index is 12.9. The minimum Gasteiger partial charge on any atom is -0.453 e. The molecule has 2 aromatic rings. The van der Waals surface area contributed by atoms with Gasteiger partial charge in [0.1, 0.15) is 11.8 Å². The summed E-state index contributed by atoms with van der Waals surface area (Å²) in [5.74, 6) is 0.687. The van der Waals surface area contributed by atoms with Crippen LogP contribution in [0.4, 0.5) is 0 Å². The first-order valence-corrected chi connectivity index (χ1v) is 11.2. The molecule has 1 aliphatic rings. The summed E-state index contributed by atoms with van der Waals surface area (Å²) < 4.78 is 33.2. The van der Waals surface area contributed by atoms with Gasteiger partial charge in [-0.3, -0.25) is 9.69 Å². The van der Waals surface area contributed by atoms with Crippen LogP contribution in [0.1, 0.15) is 11.3 Å². The molecule has 8 nitrogen and oxygen atoms in total. The van der Waals surface area contributed by atoms with Crippen molar-refractivity contribution in [1.29, 1.82) is 5.26 Å².